The largest absolute Gasteiger partial charge is 0.363 e. The molecule has 0 aliphatic heterocycles. The first-order valence-electron chi connectivity index (χ1n) is 4.99. The number of aryl methyl sites for hydroxylation is 1. The van der Waals surface area contributed by atoms with Gasteiger partial charge in [0.05, 0.1) is 11.0 Å². The van der Waals surface area contributed by atoms with Crippen LogP contribution in [-0.2, 0) is 6.42 Å². The molecule has 1 amide bonds. The number of carbonyl (C=O) groups is 1. The summed E-state index contributed by atoms with van der Waals surface area (Å²) in [5, 5.41) is 0. The van der Waals surface area contributed by atoms with Gasteiger partial charge in [-0.1, -0.05) is 25.5 Å². The van der Waals surface area contributed by atoms with Crippen LogP contribution >= 0.6 is 0 Å². The standard InChI is InChI=1S/C11H13N3O/c1-2-4-7-5-3-6-8-9(7)14-11(13-8)10(12)15/h3,5-6H,2,4H2,1H3,(H2,12,15)(H,13,14). The van der Waals surface area contributed by atoms with Crippen LogP contribution in [0.1, 0.15) is 29.5 Å². The Balaban J connectivity index is 2.59. The summed E-state index contributed by atoms with van der Waals surface area (Å²) in [4.78, 5) is 18.1. The van der Waals surface area contributed by atoms with E-state index in [0.717, 1.165) is 29.4 Å². The molecule has 0 aliphatic rings. The summed E-state index contributed by atoms with van der Waals surface area (Å²) in [6.45, 7) is 2.11. The van der Waals surface area contributed by atoms with E-state index < -0.39 is 5.91 Å². The van der Waals surface area contributed by atoms with Crippen molar-refractivity contribution in [1.82, 2.24) is 9.97 Å². The van der Waals surface area contributed by atoms with Crippen LogP contribution in [0.15, 0.2) is 18.2 Å². The summed E-state index contributed by atoms with van der Waals surface area (Å²) in [7, 11) is 0. The Labute approximate surface area is 87.5 Å². The number of carbonyl (C=O) groups excluding carboxylic acids is 1. The van der Waals surface area contributed by atoms with Crippen LogP contribution in [-0.4, -0.2) is 15.9 Å². The Kier molecular flexibility index (Phi) is 2.41. The molecule has 0 atom stereocenters. The monoisotopic (exact) mass is 203 g/mol. The summed E-state index contributed by atoms with van der Waals surface area (Å²) in [5.74, 6) is -0.290. The molecule has 0 aliphatic carbocycles. The molecule has 0 bridgehead atoms. The van der Waals surface area contributed by atoms with Crippen molar-refractivity contribution in [2.75, 3.05) is 0 Å². The number of nitrogens with two attached hydrogens (primary N) is 1. The molecule has 2 aromatic rings. The third-order valence-corrected chi connectivity index (χ3v) is 2.35. The molecule has 4 heteroatoms. The number of benzene rings is 1. The van der Waals surface area contributed by atoms with E-state index in [4.69, 9.17) is 5.73 Å². The molecule has 2 rings (SSSR count). The van der Waals surface area contributed by atoms with E-state index in [1.54, 1.807) is 0 Å². The lowest BCUT2D eigenvalue weighted by Crippen LogP contribution is -2.12. The van der Waals surface area contributed by atoms with E-state index in [2.05, 4.69) is 16.9 Å². The van der Waals surface area contributed by atoms with E-state index in [-0.39, 0.29) is 5.82 Å². The third kappa shape index (κ3) is 1.70. The average molecular weight is 203 g/mol. The second-order valence-corrected chi connectivity index (χ2v) is 3.51. The van der Waals surface area contributed by atoms with Crippen molar-refractivity contribution in [3.05, 3.63) is 29.6 Å². The number of nitrogens with one attached hydrogen (secondary N) is 1. The fraction of sp³-hybridized carbons (Fsp3) is 0.273. The number of aromatic nitrogens is 2. The second kappa shape index (κ2) is 3.73. The van der Waals surface area contributed by atoms with Crippen molar-refractivity contribution >= 4 is 16.9 Å². The van der Waals surface area contributed by atoms with Gasteiger partial charge in [0.25, 0.3) is 5.91 Å². The maximum Gasteiger partial charge on any atom is 0.284 e. The van der Waals surface area contributed by atoms with Gasteiger partial charge < -0.3 is 10.7 Å². The van der Waals surface area contributed by atoms with Crippen LogP contribution in [0.4, 0.5) is 0 Å². The summed E-state index contributed by atoms with van der Waals surface area (Å²) in [5.41, 5.74) is 8.05. The SMILES string of the molecule is CCCc1cccc2[nH]c(C(N)=O)nc12. The molecule has 78 valence electrons. The maximum atomic E-state index is 11.0. The molecule has 1 heterocycles. The minimum atomic E-state index is -0.520. The Morgan fingerprint density at radius 1 is 1.53 bits per heavy atom. The van der Waals surface area contributed by atoms with E-state index in [0.29, 0.717) is 0 Å². The number of nitrogens with zero attached hydrogens (tertiary/aromatic N) is 1. The molecule has 0 saturated heterocycles. The number of rotatable bonds is 3. The topological polar surface area (TPSA) is 71.8 Å². The molecule has 0 radical (unpaired) electrons. The first-order valence-corrected chi connectivity index (χ1v) is 4.99. The van der Waals surface area contributed by atoms with Crippen molar-refractivity contribution in [2.24, 2.45) is 5.73 Å². The number of hydrogen-bond donors (Lipinski definition) is 2. The zero-order chi connectivity index (χ0) is 10.8. The van der Waals surface area contributed by atoms with Gasteiger partial charge in [-0.2, -0.15) is 0 Å². The zero-order valence-corrected chi connectivity index (χ0v) is 8.58. The minimum Gasteiger partial charge on any atom is -0.363 e. The molecule has 0 unspecified atom stereocenters. The van der Waals surface area contributed by atoms with Gasteiger partial charge >= 0.3 is 0 Å². The smallest absolute Gasteiger partial charge is 0.284 e. The lowest BCUT2D eigenvalue weighted by molar-refractivity contribution is 0.0991. The van der Waals surface area contributed by atoms with Gasteiger partial charge in [-0.15, -0.1) is 0 Å². The highest BCUT2D eigenvalue weighted by molar-refractivity contribution is 5.93. The number of imidazole rings is 1. The van der Waals surface area contributed by atoms with Crippen LogP contribution in [0.3, 0.4) is 0 Å². The predicted molar refractivity (Wildman–Crippen MR) is 58.6 cm³/mol. The molecular weight excluding hydrogens is 190 g/mol. The first kappa shape index (κ1) is 9.71. The highest BCUT2D eigenvalue weighted by Gasteiger charge is 2.09. The molecule has 3 N–H and O–H groups in total. The maximum absolute atomic E-state index is 11.0. The van der Waals surface area contributed by atoms with E-state index in [1.807, 2.05) is 18.2 Å². The van der Waals surface area contributed by atoms with Gasteiger partial charge in [-0.05, 0) is 18.1 Å². The summed E-state index contributed by atoms with van der Waals surface area (Å²) >= 11 is 0. The second-order valence-electron chi connectivity index (χ2n) is 3.51. The van der Waals surface area contributed by atoms with Gasteiger partial charge in [0, 0.05) is 0 Å². The molecular formula is C11H13N3O. The summed E-state index contributed by atoms with van der Waals surface area (Å²) in [6, 6.07) is 5.88. The van der Waals surface area contributed by atoms with Crippen molar-refractivity contribution < 1.29 is 4.79 Å². The number of H-pyrrole nitrogens is 1. The molecule has 1 aromatic carbocycles. The van der Waals surface area contributed by atoms with Crippen LogP contribution in [0.2, 0.25) is 0 Å². The van der Waals surface area contributed by atoms with Crippen molar-refractivity contribution in [1.29, 1.82) is 0 Å². The molecule has 0 saturated carbocycles. The number of aromatic amines is 1. The van der Waals surface area contributed by atoms with Crippen molar-refractivity contribution in [3.63, 3.8) is 0 Å². The summed E-state index contributed by atoms with van der Waals surface area (Å²) < 4.78 is 0. The Morgan fingerprint density at radius 3 is 3.00 bits per heavy atom. The van der Waals surface area contributed by atoms with E-state index in [9.17, 15) is 4.79 Å². The summed E-state index contributed by atoms with van der Waals surface area (Å²) in [6.07, 6.45) is 2.01. The predicted octanol–water partition coefficient (Wildman–Crippen LogP) is 1.61. The highest BCUT2D eigenvalue weighted by atomic mass is 16.1. The van der Waals surface area contributed by atoms with Gasteiger partial charge in [-0.3, -0.25) is 4.79 Å². The Bertz CT molecular complexity index is 502. The van der Waals surface area contributed by atoms with E-state index in [1.165, 1.54) is 0 Å². The minimum absolute atomic E-state index is 0.230. The number of para-hydroxylation sites is 1. The number of amides is 1. The van der Waals surface area contributed by atoms with Crippen LogP contribution in [0, 0.1) is 0 Å². The fourth-order valence-corrected chi connectivity index (χ4v) is 1.68. The first-order chi connectivity index (χ1) is 7.22. The Morgan fingerprint density at radius 2 is 2.33 bits per heavy atom. The molecule has 0 spiro atoms. The average Bonchev–Trinajstić information content (AvgIpc) is 2.63. The lowest BCUT2D eigenvalue weighted by atomic mass is 10.1. The normalized spacial score (nSPS) is 10.7. The molecule has 1 aromatic heterocycles. The molecule has 4 nitrogen and oxygen atoms in total. The van der Waals surface area contributed by atoms with E-state index >= 15 is 0 Å². The third-order valence-electron chi connectivity index (χ3n) is 2.35. The van der Waals surface area contributed by atoms with Gasteiger partial charge in [0.1, 0.15) is 0 Å². The highest BCUT2D eigenvalue weighted by Crippen LogP contribution is 2.17. The number of fused-ring (bicyclic) bond motifs is 1. The lowest BCUT2D eigenvalue weighted by Gasteiger charge is -1.98. The zero-order valence-electron chi connectivity index (χ0n) is 8.58. The van der Waals surface area contributed by atoms with Crippen molar-refractivity contribution in [3.8, 4) is 0 Å². The number of primary amides is 1. The quantitative estimate of drug-likeness (QED) is 0.795. The van der Waals surface area contributed by atoms with Crippen LogP contribution in [0.25, 0.3) is 11.0 Å². The van der Waals surface area contributed by atoms with Gasteiger partial charge in [0.15, 0.2) is 5.82 Å². The number of hydrogen-bond acceptors (Lipinski definition) is 2. The van der Waals surface area contributed by atoms with Crippen molar-refractivity contribution in [2.45, 2.75) is 19.8 Å². The molecule has 15 heavy (non-hydrogen) atoms. The van der Waals surface area contributed by atoms with Crippen LogP contribution < -0.4 is 5.73 Å². The van der Waals surface area contributed by atoms with Crippen LogP contribution in [0.5, 0.6) is 0 Å². The van der Waals surface area contributed by atoms with Gasteiger partial charge in [0.2, 0.25) is 0 Å². The van der Waals surface area contributed by atoms with Gasteiger partial charge in [-0.25, -0.2) is 4.98 Å². The Hall–Kier alpha value is -1.84. The molecule has 0 fully saturated rings. The fourth-order valence-electron chi connectivity index (χ4n) is 1.68.